The molecule has 0 rings (SSSR count). The summed E-state index contributed by atoms with van der Waals surface area (Å²) in [4.78, 5) is 0. The molecule has 0 nitrogen and oxygen atoms in total. The van der Waals surface area contributed by atoms with Crippen molar-refractivity contribution in [1.29, 1.82) is 0 Å². The molecule has 0 fully saturated rings. The van der Waals surface area contributed by atoms with Gasteiger partial charge in [-0.25, -0.2) is 0 Å². The van der Waals surface area contributed by atoms with Gasteiger partial charge in [-0.2, -0.15) is 6.42 Å². The van der Waals surface area contributed by atoms with Crippen LogP contribution in [0.15, 0.2) is 0 Å². The Morgan fingerprint density at radius 1 is 1.60 bits per heavy atom. The second-order valence-corrected chi connectivity index (χ2v) is 0.854. The fourth-order valence-corrected chi connectivity index (χ4v) is 0. The summed E-state index contributed by atoms with van der Waals surface area (Å²) >= 11 is 0. The Balaban J connectivity index is 0. The molecule has 0 aromatic carbocycles. The predicted molar refractivity (Wildman–Crippen MR) is 20.3 cm³/mol. The minimum Gasteiger partial charge on any atom is -0.343 e. The van der Waals surface area contributed by atoms with Gasteiger partial charge in [0.15, 0.2) is 0 Å². The number of hydrogen-bond donors (Lipinski definition) is 0. The summed E-state index contributed by atoms with van der Waals surface area (Å²) in [5.41, 5.74) is 0. The van der Waals surface area contributed by atoms with Gasteiger partial charge in [-0.1, -0.05) is 13.3 Å². The average molecular weight is 108 g/mol. The van der Waals surface area contributed by atoms with Gasteiger partial charge in [-0.05, 0) is 0 Å². The predicted octanol–water partition coefficient (Wildman–Crippen LogP) is 1.62. The van der Waals surface area contributed by atoms with E-state index in [2.05, 4.69) is 13.8 Å². The van der Waals surface area contributed by atoms with Crippen molar-refractivity contribution in [3.05, 3.63) is 6.92 Å². The van der Waals surface area contributed by atoms with Crippen LogP contribution in [0.4, 0.5) is 0 Å². The van der Waals surface area contributed by atoms with Crippen molar-refractivity contribution in [1.82, 2.24) is 0 Å². The maximum absolute atomic E-state index is 3.60. The first kappa shape index (κ1) is 9.14. The molecule has 0 spiro atoms. The maximum Gasteiger partial charge on any atom is 0 e. The third-order valence-electron chi connectivity index (χ3n) is 0.354. The van der Waals surface area contributed by atoms with Gasteiger partial charge >= 0.3 is 0 Å². The molecule has 31 valence electrons. The van der Waals surface area contributed by atoms with Crippen LogP contribution in [0.25, 0.3) is 0 Å². The molecule has 0 saturated heterocycles. The van der Waals surface area contributed by atoms with Gasteiger partial charge in [0.1, 0.15) is 0 Å². The molecule has 5 heavy (non-hydrogen) atoms. The van der Waals surface area contributed by atoms with E-state index in [-0.39, 0.29) is 18.6 Å². The van der Waals surface area contributed by atoms with Gasteiger partial charge in [0.05, 0.1) is 0 Å². The van der Waals surface area contributed by atoms with Gasteiger partial charge in [-0.3, -0.25) is 0 Å². The quantitative estimate of drug-likeness (QED) is 0.448. The van der Waals surface area contributed by atoms with Crippen LogP contribution in [0, 0.1) is 6.92 Å². The second-order valence-electron chi connectivity index (χ2n) is 0.854. The SMILES string of the molecule is [CH2-]CCC.[V]. The van der Waals surface area contributed by atoms with Crippen molar-refractivity contribution >= 4 is 0 Å². The van der Waals surface area contributed by atoms with Crippen molar-refractivity contribution < 1.29 is 18.6 Å². The third-order valence-corrected chi connectivity index (χ3v) is 0.354. The van der Waals surface area contributed by atoms with E-state index in [1.54, 1.807) is 0 Å². The largest absolute Gasteiger partial charge is 0.343 e. The normalized spacial score (nSPS) is 6.00. The van der Waals surface area contributed by atoms with E-state index < -0.39 is 0 Å². The zero-order valence-electron chi connectivity index (χ0n) is 3.57. The van der Waals surface area contributed by atoms with Gasteiger partial charge < -0.3 is 6.92 Å². The molecule has 0 aliphatic rings. The first-order valence-electron chi connectivity index (χ1n) is 1.71. The standard InChI is InChI=1S/C4H9.V/c1-3-4-2;/h1,3-4H2,2H3;/q-1;. The summed E-state index contributed by atoms with van der Waals surface area (Å²) in [7, 11) is 0. The fraction of sp³-hybridized carbons (Fsp3) is 0.750. The summed E-state index contributed by atoms with van der Waals surface area (Å²) in [6.07, 6.45) is 2.28. The fourth-order valence-electron chi connectivity index (χ4n) is 0. The molecule has 1 heteroatoms. The van der Waals surface area contributed by atoms with Gasteiger partial charge in [0.2, 0.25) is 0 Å². The van der Waals surface area contributed by atoms with Crippen LogP contribution in [-0.4, -0.2) is 0 Å². The molecule has 0 N–H and O–H groups in total. The number of hydrogen-bond acceptors (Lipinski definition) is 0. The molecule has 0 heterocycles. The number of rotatable bonds is 1. The Bertz CT molecular complexity index is 5.61. The van der Waals surface area contributed by atoms with Crippen molar-refractivity contribution in [2.24, 2.45) is 0 Å². The van der Waals surface area contributed by atoms with Crippen LogP contribution in [0.1, 0.15) is 19.8 Å². The average Bonchev–Trinajstić information content (AvgIpc) is 1.37. The molecule has 0 aromatic heterocycles. The summed E-state index contributed by atoms with van der Waals surface area (Å²) in [5.74, 6) is 0. The van der Waals surface area contributed by atoms with E-state index in [1.807, 2.05) is 0 Å². The molecule has 0 saturated carbocycles. The first-order chi connectivity index (χ1) is 1.91. The van der Waals surface area contributed by atoms with Crippen LogP contribution in [0.5, 0.6) is 0 Å². The van der Waals surface area contributed by atoms with Crippen LogP contribution < -0.4 is 0 Å². The zero-order valence-corrected chi connectivity index (χ0v) is 4.97. The summed E-state index contributed by atoms with van der Waals surface area (Å²) in [5, 5.41) is 0. The Morgan fingerprint density at radius 2 is 1.80 bits per heavy atom. The molecule has 0 aromatic rings. The monoisotopic (exact) mass is 108 g/mol. The molecule has 0 amide bonds. The molecule has 0 aliphatic carbocycles. The van der Waals surface area contributed by atoms with Crippen LogP contribution in [0.2, 0.25) is 0 Å². The van der Waals surface area contributed by atoms with Crippen molar-refractivity contribution in [2.75, 3.05) is 0 Å². The van der Waals surface area contributed by atoms with E-state index >= 15 is 0 Å². The van der Waals surface area contributed by atoms with E-state index in [9.17, 15) is 0 Å². The van der Waals surface area contributed by atoms with E-state index in [0.717, 1.165) is 6.42 Å². The minimum atomic E-state index is 0. The minimum absolute atomic E-state index is 0. The van der Waals surface area contributed by atoms with Crippen LogP contribution in [-0.2, 0) is 18.6 Å². The molecular weight excluding hydrogens is 99.0 g/mol. The van der Waals surface area contributed by atoms with Crippen molar-refractivity contribution in [3.8, 4) is 0 Å². The topological polar surface area (TPSA) is 0 Å². The van der Waals surface area contributed by atoms with E-state index in [4.69, 9.17) is 0 Å². The molecule has 0 aliphatic heterocycles. The maximum atomic E-state index is 3.60. The second kappa shape index (κ2) is 8.82. The Hall–Kier alpha value is 0.584. The summed E-state index contributed by atoms with van der Waals surface area (Å²) in [6, 6.07) is 0. The molecule has 1 radical (unpaired) electrons. The van der Waals surface area contributed by atoms with Gasteiger partial charge in [-0.15, -0.1) is 0 Å². The number of unbranched alkanes of at least 4 members (excludes halogenated alkanes) is 1. The van der Waals surface area contributed by atoms with Gasteiger partial charge in [0, 0.05) is 18.6 Å². The smallest absolute Gasteiger partial charge is 0 e. The molecular formula is C4H9V-. The molecule has 0 unspecified atom stereocenters. The third kappa shape index (κ3) is 12.2. The summed E-state index contributed by atoms with van der Waals surface area (Å²) in [6.45, 7) is 5.72. The van der Waals surface area contributed by atoms with Gasteiger partial charge in [0.25, 0.3) is 0 Å². The van der Waals surface area contributed by atoms with Crippen molar-refractivity contribution in [3.63, 3.8) is 0 Å². The van der Waals surface area contributed by atoms with E-state index in [1.165, 1.54) is 6.42 Å². The zero-order chi connectivity index (χ0) is 3.41. The molecule has 0 bridgehead atoms. The molecule has 0 atom stereocenters. The summed E-state index contributed by atoms with van der Waals surface area (Å²) < 4.78 is 0. The first-order valence-corrected chi connectivity index (χ1v) is 1.71. The van der Waals surface area contributed by atoms with Crippen LogP contribution >= 0.6 is 0 Å². The van der Waals surface area contributed by atoms with E-state index in [0.29, 0.717) is 0 Å². The Labute approximate surface area is 45.8 Å². The Kier molecular flexibility index (Phi) is 16.1. The Morgan fingerprint density at radius 3 is 1.80 bits per heavy atom. The van der Waals surface area contributed by atoms with Crippen molar-refractivity contribution in [2.45, 2.75) is 19.8 Å². The van der Waals surface area contributed by atoms with Crippen LogP contribution in [0.3, 0.4) is 0 Å².